The molecule has 1 saturated heterocycles. The fraction of sp³-hybridized carbons (Fsp3) is 0.412. The second kappa shape index (κ2) is 7.65. The lowest BCUT2D eigenvalue weighted by Gasteiger charge is -2.25. The molecule has 2 heterocycles. The van der Waals surface area contributed by atoms with Crippen LogP contribution in [0.5, 0.6) is 5.75 Å². The van der Waals surface area contributed by atoms with Crippen molar-refractivity contribution in [3.8, 4) is 5.75 Å². The van der Waals surface area contributed by atoms with Crippen molar-refractivity contribution in [2.24, 2.45) is 0 Å². The van der Waals surface area contributed by atoms with Gasteiger partial charge >= 0.3 is 5.97 Å². The molecule has 1 N–H and O–H groups in total. The van der Waals surface area contributed by atoms with Crippen molar-refractivity contribution in [2.45, 2.75) is 37.2 Å². The summed E-state index contributed by atoms with van der Waals surface area (Å²) in [6.45, 7) is 1.98. The van der Waals surface area contributed by atoms with Gasteiger partial charge in [0, 0.05) is 31.5 Å². The molecule has 1 aromatic heterocycles. The Morgan fingerprint density at radius 2 is 2.22 bits per heavy atom. The minimum atomic E-state index is -3.89. The van der Waals surface area contributed by atoms with Crippen molar-refractivity contribution in [3.63, 3.8) is 0 Å². The summed E-state index contributed by atoms with van der Waals surface area (Å²) < 4.78 is 48.2. The maximum atomic E-state index is 14.2. The maximum absolute atomic E-state index is 14.2. The Morgan fingerprint density at radius 1 is 1.44 bits per heavy atom. The van der Waals surface area contributed by atoms with Gasteiger partial charge in [-0.05, 0) is 38.0 Å². The van der Waals surface area contributed by atoms with E-state index in [0.29, 0.717) is 19.5 Å². The van der Waals surface area contributed by atoms with Crippen LogP contribution >= 0.6 is 0 Å². The van der Waals surface area contributed by atoms with Gasteiger partial charge in [0.05, 0.1) is 4.90 Å². The van der Waals surface area contributed by atoms with Gasteiger partial charge < -0.3 is 14.4 Å². The first kappa shape index (κ1) is 19.3. The standard InChI is InChI=1S/C17H20FN3O5S/c1-12-19-6-8-20(12)10-13-3-2-7-21(13)27(24,25)14-4-5-16(15(18)9-14)26-11-17(22)23/h4-6,8-9,13H,2-3,7,10-11H2,1H3,(H,22,23). The van der Waals surface area contributed by atoms with E-state index < -0.39 is 28.4 Å². The van der Waals surface area contributed by atoms with E-state index in [1.54, 1.807) is 12.4 Å². The molecule has 0 amide bonds. The number of halogens is 1. The minimum absolute atomic E-state index is 0.183. The molecule has 1 aliphatic rings. The van der Waals surface area contributed by atoms with Gasteiger partial charge in [0.15, 0.2) is 18.2 Å². The predicted octanol–water partition coefficient (Wildman–Crippen LogP) is 1.65. The number of hydrogen-bond donors (Lipinski definition) is 1. The lowest BCUT2D eigenvalue weighted by molar-refractivity contribution is -0.139. The molecule has 0 saturated carbocycles. The fourth-order valence-corrected chi connectivity index (χ4v) is 4.86. The summed E-state index contributed by atoms with van der Waals surface area (Å²) in [6, 6.07) is 2.99. The van der Waals surface area contributed by atoms with Crippen LogP contribution in [-0.2, 0) is 21.4 Å². The summed E-state index contributed by atoms with van der Waals surface area (Å²) >= 11 is 0. The van der Waals surface area contributed by atoms with Gasteiger partial charge in [-0.25, -0.2) is 22.6 Å². The molecule has 8 nitrogen and oxygen atoms in total. The molecule has 0 bridgehead atoms. The van der Waals surface area contributed by atoms with Crippen LogP contribution in [-0.4, -0.2) is 52.5 Å². The quantitative estimate of drug-likeness (QED) is 0.762. The lowest BCUT2D eigenvalue weighted by Crippen LogP contribution is -2.38. The number of rotatable bonds is 7. The van der Waals surface area contributed by atoms with Crippen LogP contribution in [0.1, 0.15) is 18.7 Å². The van der Waals surface area contributed by atoms with E-state index in [1.165, 1.54) is 10.4 Å². The first-order valence-electron chi connectivity index (χ1n) is 8.43. The molecule has 3 rings (SSSR count). The molecule has 0 spiro atoms. The summed E-state index contributed by atoms with van der Waals surface area (Å²) in [5.74, 6) is -1.67. The highest BCUT2D eigenvalue weighted by Crippen LogP contribution is 2.29. The highest BCUT2D eigenvalue weighted by molar-refractivity contribution is 7.89. The molecule has 2 aromatic rings. The Bertz CT molecular complexity index is 944. The van der Waals surface area contributed by atoms with Gasteiger partial charge in [-0.2, -0.15) is 4.31 Å². The molecule has 146 valence electrons. The van der Waals surface area contributed by atoms with E-state index in [-0.39, 0.29) is 16.7 Å². The maximum Gasteiger partial charge on any atom is 0.341 e. The molecule has 1 unspecified atom stereocenters. The normalized spacial score (nSPS) is 17.9. The number of benzene rings is 1. The Kier molecular flexibility index (Phi) is 5.47. The molecule has 0 radical (unpaired) electrons. The molecule has 1 aliphatic heterocycles. The van der Waals surface area contributed by atoms with E-state index >= 15 is 0 Å². The number of imidazole rings is 1. The molecule has 10 heteroatoms. The van der Waals surface area contributed by atoms with Gasteiger partial charge in [0.1, 0.15) is 5.82 Å². The zero-order chi connectivity index (χ0) is 19.6. The zero-order valence-corrected chi connectivity index (χ0v) is 15.5. The number of aryl methyl sites for hydroxylation is 1. The summed E-state index contributed by atoms with van der Waals surface area (Å²) in [6.07, 6.45) is 4.89. The van der Waals surface area contributed by atoms with Gasteiger partial charge in [0.2, 0.25) is 10.0 Å². The van der Waals surface area contributed by atoms with Gasteiger partial charge in [-0.15, -0.1) is 0 Å². The summed E-state index contributed by atoms with van der Waals surface area (Å²) in [5, 5.41) is 8.59. The first-order chi connectivity index (χ1) is 12.8. The van der Waals surface area contributed by atoms with E-state index in [0.717, 1.165) is 24.4 Å². The molecule has 1 atom stereocenters. The third-order valence-corrected chi connectivity index (χ3v) is 6.46. The predicted molar refractivity (Wildman–Crippen MR) is 93.4 cm³/mol. The van der Waals surface area contributed by atoms with Crippen LogP contribution < -0.4 is 4.74 Å². The van der Waals surface area contributed by atoms with E-state index in [9.17, 15) is 17.6 Å². The first-order valence-corrected chi connectivity index (χ1v) is 9.87. The number of carbonyl (C=O) groups is 1. The third kappa shape index (κ3) is 4.11. The minimum Gasteiger partial charge on any atom is -0.479 e. The van der Waals surface area contributed by atoms with Crippen LogP contribution in [0.2, 0.25) is 0 Å². The number of hydrogen-bond acceptors (Lipinski definition) is 5. The van der Waals surface area contributed by atoms with Crippen LogP contribution in [0.25, 0.3) is 0 Å². The molecule has 1 fully saturated rings. The van der Waals surface area contributed by atoms with Crippen molar-refractivity contribution in [1.29, 1.82) is 0 Å². The number of ether oxygens (including phenoxy) is 1. The average Bonchev–Trinajstić information content (AvgIpc) is 3.24. The van der Waals surface area contributed by atoms with Crippen LogP contribution in [0.3, 0.4) is 0 Å². The van der Waals surface area contributed by atoms with Crippen molar-refractivity contribution in [2.75, 3.05) is 13.2 Å². The molecular weight excluding hydrogens is 377 g/mol. The summed E-state index contributed by atoms with van der Waals surface area (Å²) in [4.78, 5) is 14.5. The van der Waals surface area contributed by atoms with E-state index in [1.807, 2.05) is 11.5 Å². The van der Waals surface area contributed by atoms with Crippen molar-refractivity contribution in [1.82, 2.24) is 13.9 Å². The Balaban J connectivity index is 1.81. The smallest absolute Gasteiger partial charge is 0.341 e. The fourth-order valence-electron chi connectivity index (χ4n) is 3.17. The van der Waals surface area contributed by atoms with Crippen molar-refractivity contribution >= 4 is 16.0 Å². The highest BCUT2D eigenvalue weighted by Gasteiger charge is 2.36. The van der Waals surface area contributed by atoms with Gasteiger partial charge in [-0.1, -0.05) is 0 Å². The Hall–Kier alpha value is -2.46. The SMILES string of the molecule is Cc1nccn1CC1CCCN1S(=O)(=O)c1ccc(OCC(=O)O)c(F)c1. The second-order valence-electron chi connectivity index (χ2n) is 6.31. The highest BCUT2D eigenvalue weighted by atomic mass is 32.2. The summed E-state index contributed by atoms with van der Waals surface area (Å²) in [7, 11) is -3.89. The van der Waals surface area contributed by atoms with Crippen molar-refractivity contribution in [3.05, 3.63) is 42.2 Å². The van der Waals surface area contributed by atoms with Gasteiger partial charge in [0.25, 0.3) is 0 Å². The number of sulfonamides is 1. The number of carboxylic acids is 1. The number of carboxylic acid groups (broad SMARTS) is 1. The van der Waals surface area contributed by atoms with Crippen molar-refractivity contribution < 1.29 is 27.4 Å². The van der Waals surface area contributed by atoms with Crippen LogP contribution in [0, 0.1) is 12.7 Å². The largest absolute Gasteiger partial charge is 0.479 e. The van der Waals surface area contributed by atoms with Crippen LogP contribution in [0.15, 0.2) is 35.5 Å². The summed E-state index contributed by atoms with van der Waals surface area (Å²) in [5.41, 5.74) is 0. The number of aliphatic carboxylic acids is 1. The molecule has 27 heavy (non-hydrogen) atoms. The van der Waals surface area contributed by atoms with Gasteiger partial charge in [-0.3, -0.25) is 0 Å². The van der Waals surface area contributed by atoms with E-state index in [4.69, 9.17) is 9.84 Å². The number of aromatic nitrogens is 2. The van der Waals surface area contributed by atoms with Crippen LogP contribution in [0.4, 0.5) is 4.39 Å². The Labute approximate surface area is 156 Å². The average molecular weight is 397 g/mol. The van der Waals surface area contributed by atoms with E-state index in [2.05, 4.69) is 4.98 Å². The molecule has 1 aromatic carbocycles. The monoisotopic (exact) mass is 397 g/mol. The molecule has 0 aliphatic carbocycles. The third-order valence-electron chi connectivity index (χ3n) is 4.52. The zero-order valence-electron chi connectivity index (χ0n) is 14.7. The topological polar surface area (TPSA) is 102 Å². The second-order valence-corrected chi connectivity index (χ2v) is 8.20. The molecular formula is C17H20FN3O5S. The Morgan fingerprint density at radius 3 is 2.85 bits per heavy atom. The number of nitrogens with zero attached hydrogens (tertiary/aromatic N) is 3. The lowest BCUT2D eigenvalue weighted by atomic mass is 10.2.